The molecule has 1 heterocycles. The van der Waals surface area contributed by atoms with E-state index in [0.717, 1.165) is 31.8 Å². The Kier molecular flexibility index (Phi) is 4.85. The average Bonchev–Trinajstić information content (AvgIpc) is 2.27. The van der Waals surface area contributed by atoms with E-state index in [9.17, 15) is 0 Å². The van der Waals surface area contributed by atoms with Gasteiger partial charge in [-0.3, -0.25) is 0 Å². The Balaban J connectivity index is 2.47. The second-order valence-corrected chi connectivity index (χ2v) is 4.52. The third-order valence-corrected chi connectivity index (χ3v) is 3.67. The first-order chi connectivity index (χ1) is 6.73. The molecular formula is C11H24N2O. The predicted octanol–water partition coefficient (Wildman–Crippen LogP) is 0.737. The van der Waals surface area contributed by atoms with Crippen LogP contribution in [0.3, 0.4) is 0 Å². The van der Waals surface area contributed by atoms with Crippen molar-refractivity contribution >= 4 is 0 Å². The monoisotopic (exact) mass is 200 g/mol. The topological polar surface area (TPSA) is 44.3 Å². The van der Waals surface area contributed by atoms with Crippen LogP contribution in [0.5, 0.6) is 0 Å². The lowest BCUT2D eigenvalue weighted by atomic mass is 9.77. The molecule has 14 heavy (non-hydrogen) atoms. The molecule has 1 aliphatic heterocycles. The van der Waals surface area contributed by atoms with Gasteiger partial charge in [-0.2, -0.15) is 0 Å². The first-order valence-corrected chi connectivity index (χ1v) is 5.73. The minimum Gasteiger partial charge on any atom is -0.396 e. The summed E-state index contributed by atoms with van der Waals surface area (Å²) < 4.78 is 0. The van der Waals surface area contributed by atoms with Crippen LogP contribution in [0.2, 0.25) is 0 Å². The lowest BCUT2D eigenvalue weighted by molar-refractivity contribution is 0.165. The summed E-state index contributed by atoms with van der Waals surface area (Å²) in [7, 11) is 2.04. The highest BCUT2D eigenvalue weighted by Gasteiger charge is 2.32. The van der Waals surface area contributed by atoms with E-state index >= 15 is 0 Å². The second kappa shape index (κ2) is 5.69. The van der Waals surface area contributed by atoms with E-state index in [1.54, 1.807) is 0 Å². The van der Waals surface area contributed by atoms with Gasteiger partial charge in [0.05, 0.1) is 0 Å². The number of rotatable bonds is 5. The minimum absolute atomic E-state index is 0.213. The van der Waals surface area contributed by atoms with Crippen LogP contribution in [-0.2, 0) is 0 Å². The molecule has 1 saturated heterocycles. The van der Waals surface area contributed by atoms with Gasteiger partial charge in [0.15, 0.2) is 0 Å². The smallest absolute Gasteiger partial charge is 0.0431 e. The van der Waals surface area contributed by atoms with Crippen molar-refractivity contribution in [1.29, 1.82) is 0 Å². The highest BCUT2D eigenvalue weighted by Crippen LogP contribution is 2.29. The Hall–Kier alpha value is -0.120. The quantitative estimate of drug-likeness (QED) is 0.613. The molecule has 0 bridgehead atoms. The molecule has 1 atom stereocenters. The maximum atomic E-state index is 8.88. The molecule has 3 N–H and O–H groups in total. The predicted molar refractivity (Wildman–Crippen MR) is 59.4 cm³/mol. The van der Waals surface area contributed by atoms with Crippen LogP contribution < -0.4 is 10.6 Å². The molecule has 84 valence electrons. The summed E-state index contributed by atoms with van der Waals surface area (Å²) in [5.74, 6) is 0.750. The number of nitrogens with one attached hydrogen (secondary N) is 2. The van der Waals surface area contributed by atoms with Crippen molar-refractivity contribution < 1.29 is 5.11 Å². The summed E-state index contributed by atoms with van der Waals surface area (Å²) in [4.78, 5) is 0. The lowest BCUT2D eigenvalue weighted by Crippen LogP contribution is -2.50. The Labute approximate surface area is 87.3 Å². The van der Waals surface area contributed by atoms with Gasteiger partial charge in [0.1, 0.15) is 0 Å². The fourth-order valence-corrected chi connectivity index (χ4v) is 2.44. The van der Waals surface area contributed by atoms with E-state index in [4.69, 9.17) is 5.11 Å². The maximum absolute atomic E-state index is 8.88. The Morgan fingerprint density at radius 1 is 1.43 bits per heavy atom. The summed E-state index contributed by atoms with van der Waals surface area (Å²) >= 11 is 0. The van der Waals surface area contributed by atoms with Crippen LogP contribution in [0, 0.1) is 5.92 Å². The van der Waals surface area contributed by atoms with Crippen molar-refractivity contribution in [2.24, 2.45) is 5.92 Å². The van der Waals surface area contributed by atoms with Gasteiger partial charge in [0.2, 0.25) is 0 Å². The molecule has 0 saturated carbocycles. The van der Waals surface area contributed by atoms with Crippen molar-refractivity contribution in [3.63, 3.8) is 0 Å². The van der Waals surface area contributed by atoms with Crippen molar-refractivity contribution in [3.05, 3.63) is 0 Å². The van der Waals surface area contributed by atoms with E-state index in [1.165, 1.54) is 12.8 Å². The van der Waals surface area contributed by atoms with Crippen molar-refractivity contribution in [2.75, 3.05) is 26.7 Å². The third kappa shape index (κ3) is 2.94. The standard InChI is InChI=1S/C11H24N2O/c1-11(12-2,6-3-9-14)10-4-7-13-8-5-10/h10,12-14H,3-9H2,1-2H3. The van der Waals surface area contributed by atoms with Gasteiger partial charge in [-0.25, -0.2) is 0 Å². The Bertz CT molecular complexity index is 157. The Morgan fingerprint density at radius 2 is 2.07 bits per heavy atom. The molecule has 1 fully saturated rings. The van der Waals surface area contributed by atoms with Crippen LogP contribution in [0.25, 0.3) is 0 Å². The lowest BCUT2D eigenvalue weighted by Gasteiger charge is -2.40. The molecule has 0 aliphatic carbocycles. The zero-order chi connectivity index (χ0) is 10.4. The summed E-state index contributed by atoms with van der Waals surface area (Å²) in [6.45, 7) is 4.88. The summed E-state index contributed by atoms with van der Waals surface area (Å²) in [6.07, 6.45) is 4.48. The molecular weight excluding hydrogens is 176 g/mol. The van der Waals surface area contributed by atoms with Gasteiger partial charge in [-0.1, -0.05) is 0 Å². The first-order valence-electron chi connectivity index (χ1n) is 5.73. The molecule has 0 aromatic heterocycles. The molecule has 0 aromatic carbocycles. The number of aliphatic hydroxyl groups is 1. The second-order valence-electron chi connectivity index (χ2n) is 4.52. The number of aliphatic hydroxyl groups excluding tert-OH is 1. The highest BCUT2D eigenvalue weighted by atomic mass is 16.2. The van der Waals surface area contributed by atoms with E-state index in [1.807, 2.05) is 7.05 Å². The number of hydrogen-bond acceptors (Lipinski definition) is 3. The van der Waals surface area contributed by atoms with Crippen LogP contribution in [0.1, 0.15) is 32.6 Å². The number of piperidine rings is 1. The summed E-state index contributed by atoms with van der Waals surface area (Å²) in [5, 5.41) is 15.7. The van der Waals surface area contributed by atoms with E-state index in [2.05, 4.69) is 17.6 Å². The van der Waals surface area contributed by atoms with E-state index in [-0.39, 0.29) is 5.54 Å². The SMILES string of the molecule is CNC(C)(CCCO)C1CCNCC1. The molecule has 1 unspecified atom stereocenters. The number of hydrogen-bond donors (Lipinski definition) is 3. The van der Waals surface area contributed by atoms with Crippen molar-refractivity contribution in [1.82, 2.24) is 10.6 Å². The molecule has 0 amide bonds. The van der Waals surface area contributed by atoms with E-state index in [0.29, 0.717) is 6.61 Å². The normalized spacial score (nSPS) is 23.4. The van der Waals surface area contributed by atoms with Crippen LogP contribution in [-0.4, -0.2) is 37.4 Å². The molecule has 0 aromatic rings. The van der Waals surface area contributed by atoms with Crippen LogP contribution >= 0.6 is 0 Å². The fraction of sp³-hybridized carbons (Fsp3) is 1.00. The van der Waals surface area contributed by atoms with E-state index < -0.39 is 0 Å². The minimum atomic E-state index is 0.213. The van der Waals surface area contributed by atoms with Gasteiger partial charge in [-0.05, 0) is 58.7 Å². The maximum Gasteiger partial charge on any atom is 0.0431 e. The fourth-order valence-electron chi connectivity index (χ4n) is 2.44. The zero-order valence-electron chi connectivity index (χ0n) is 9.47. The van der Waals surface area contributed by atoms with Gasteiger partial charge in [0.25, 0.3) is 0 Å². The third-order valence-electron chi connectivity index (χ3n) is 3.67. The first kappa shape index (κ1) is 12.0. The molecule has 0 radical (unpaired) electrons. The summed E-state index contributed by atoms with van der Waals surface area (Å²) in [6, 6.07) is 0. The van der Waals surface area contributed by atoms with Crippen molar-refractivity contribution in [2.45, 2.75) is 38.1 Å². The molecule has 0 spiro atoms. The average molecular weight is 200 g/mol. The molecule has 3 nitrogen and oxygen atoms in total. The van der Waals surface area contributed by atoms with Gasteiger partial charge >= 0.3 is 0 Å². The largest absolute Gasteiger partial charge is 0.396 e. The van der Waals surface area contributed by atoms with Gasteiger partial charge < -0.3 is 15.7 Å². The van der Waals surface area contributed by atoms with Gasteiger partial charge in [-0.15, -0.1) is 0 Å². The highest BCUT2D eigenvalue weighted by molar-refractivity contribution is 4.91. The van der Waals surface area contributed by atoms with Gasteiger partial charge in [0, 0.05) is 12.1 Å². The van der Waals surface area contributed by atoms with Crippen molar-refractivity contribution in [3.8, 4) is 0 Å². The molecule has 1 rings (SSSR count). The summed E-state index contributed by atoms with van der Waals surface area (Å²) in [5.41, 5.74) is 0.213. The zero-order valence-corrected chi connectivity index (χ0v) is 9.47. The van der Waals surface area contributed by atoms with Crippen LogP contribution in [0.4, 0.5) is 0 Å². The molecule has 3 heteroatoms. The Morgan fingerprint density at radius 3 is 2.57 bits per heavy atom. The molecule has 1 aliphatic rings. The van der Waals surface area contributed by atoms with Crippen LogP contribution in [0.15, 0.2) is 0 Å².